The molecule has 0 radical (unpaired) electrons. The molecule has 2 aliphatic heterocycles. The van der Waals surface area contributed by atoms with Crippen molar-refractivity contribution in [3.63, 3.8) is 0 Å². The summed E-state index contributed by atoms with van der Waals surface area (Å²) < 4.78 is 5.66. The van der Waals surface area contributed by atoms with Crippen molar-refractivity contribution in [1.29, 1.82) is 5.26 Å². The Morgan fingerprint density at radius 3 is 2.93 bits per heavy atom. The monoisotopic (exact) mass is 208 g/mol. The van der Waals surface area contributed by atoms with Crippen molar-refractivity contribution < 1.29 is 4.74 Å². The minimum absolute atomic E-state index is 0.435. The van der Waals surface area contributed by atoms with Gasteiger partial charge >= 0.3 is 0 Å². The quantitative estimate of drug-likeness (QED) is 0.711. The van der Waals surface area contributed by atoms with E-state index in [-0.39, 0.29) is 0 Å². The van der Waals surface area contributed by atoms with Gasteiger partial charge in [0, 0.05) is 19.2 Å². The Morgan fingerprint density at radius 2 is 2.20 bits per heavy atom. The molecule has 84 valence electrons. The lowest BCUT2D eigenvalue weighted by Crippen LogP contribution is -2.43. The molecule has 3 heteroatoms. The molecule has 0 aliphatic carbocycles. The smallest absolute Gasteiger partial charge is 0.0702 e. The van der Waals surface area contributed by atoms with E-state index < -0.39 is 0 Å². The number of ether oxygens (including phenoxy) is 1. The van der Waals surface area contributed by atoms with Gasteiger partial charge in [0.15, 0.2) is 0 Å². The predicted molar refractivity (Wildman–Crippen MR) is 58.4 cm³/mol. The van der Waals surface area contributed by atoms with Gasteiger partial charge in [-0.05, 0) is 32.2 Å². The van der Waals surface area contributed by atoms with Crippen molar-refractivity contribution >= 4 is 0 Å². The van der Waals surface area contributed by atoms with Gasteiger partial charge < -0.3 is 4.74 Å². The van der Waals surface area contributed by atoms with Crippen molar-refractivity contribution in [1.82, 2.24) is 4.90 Å². The first-order valence-electron chi connectivity index (χ1n) is 6.13. The molecule has 15 heavy (non-hydrogen) atoms. The van der Waals surface area contributed by atoms with E-state index in [1.54, 1.807) is 0 Å². The van der Waals surface area contributed by atoms with E-state index in [1.165, 1.54) is 32.1 Å². The SMILES string of the molecule is N#CCC1CCCCN1CC1CCCO1. The summed E-state index contributed by atoms with van der Waals surface area (Å²) in [4.78, 5) is 2.47. The Labute approximate surface area is 92.0 Å². The van der Waals surface area contributed by atoms with E-state index >= 15 is 0 Å². The van der Waals surface area contributed by atoms with Gasteiger partial charge in [0.1, 0.15) is 0 Å². The summed E-state index contributed by atoms with van der Waals surface area (Å²) in [5.74, 6) is 0. The van der Waals surface area contributed by atoms with Crippen LogP contribution >= 0.6 is 0 Å². The van der Waals surface area contributed by atoms with Gasteiger partial charge in [-0.15, -0.1) is 0 Å². The lowest BCUT2D eigenvalue weighted by molar-refractivity contribution is 0.0453. The summed E-state index contributed by atoms with van der Waals surface area (Å²) in [7, 11) is 0. The van der Waals surface area contributed by atoms with Crippen LogP contribution in [0.2, 0.25) is 0 Å². The molecular formula is C12H20N2O. The summed E-state index contributed by atoms with van der Waals surface area (Å²) in [5, 5.41) is 8.79. The van der Waals surface area contributed by atoms with Crippen LogP contribution in [-0.4, -0.2) is 36.7 Å². The topological polar surface area (TPSA) is 36.3 Å². The van der Waals surface area contributed by atoms with Crippen LogP contribution in [0, 0.1) is 11.3 Å². The third-order valence-corrected chi connectivity index (χ3v) is 3.54. The zero-order chi connectivity index (χ0) is 10.5. The molecule has 2 unspecified atom stereocenters. The molecule has 2 heterocycles. The maximum absolute atomic E-state index is 8.79. The molecule has 0 N–H and O–H groups in total. The van der Waals surface area contributed by atoms with Crippen LogP contribution in [0.25, 0.3) is 0 Å². The van der Waals surface area contributed by atoms with Crippen LogP contribution in [0.1, 0.15) is 38.5 Å². The molecule has 2 aliphatic rings. The summed E-state index contributed by atoms with van der Waals surface area (Å²) in [6.07, 6.45) is 7.30. The zero-order valence-electron chi connectivity index (χ0n) is 9.32. The average Bonchev–Trinajstić information content (AvgIpc) is 2.74. The van der Waals surface area contributed by atoms with Gasteiger partial charge in [-0.3, -0.25) is 4.90 Å². The van der Waals surface area contributed by atoms with Gasteiger partial charge in [-0.25, -0.2) is 0 Å². The molecule has 2 rings (SSSR count). The number of hydrogen-bond acceptors (Lipinski definition) is 3. The highest BCUT2D eigenvalue weighted by molar-refractivity contribution is 4.87. The largest absolute Gasteiger partial charge is 0.377 e. The van der Waals surface area contributed by atoms with Crippen LogP contribution in [0.5, 0.6) is 0 Å². The lowest BCUT2D eigenvalue weighted by atomic mass is 9.99. The minimum Gasteiger partial charge on any atom is -0.377 e. The number of nitriles is 1. The zero-order valence-corrected chi connectivity index (χ0v) is 9.32. The van der Waals surface area contributed by atoms with Gasteiger partial charge in [0.2, 0.25) is 0 Å². The maximum atomic E-state index is 8.79. The van der Waals surface area contributed by atoms with Crippen molar-refractivity contribution in [3.8, 4) is 6.07 Å². The molecule has 0 spiro atoms. The Kier molecular flexibility index (Phi) is 3.99. The van der Waals surface area contributed by atoms with Crippen molar-refractivity contribution in [2.24, 2.45) is 0 Å². The molecular weight excluding hydrogens is 188 g/mol. The summed E-state index contributed by atoms with van der Waals surface area (Å²) in [6, 6.07) is 2.80. The van der Waals surface area contributed by atoms with Crippen LogP contribution in [0.4, 0.5) is 0 Å². The molecule has 2 saturated heterocycles. The first-order valence-corrected chi connectivity index (χ1v) is 6.13. The van der Waals surface area contributed by atoms with E-state index in [0.717, 1.165) is 19.7 Å². The van der Waals surface area contributed by atoms with E-state index in [2.05, 4.69) is 11.0 Å². The van der Waals surface area contributed by atoms with Crippen molar-refractivity contribution in [3.05, 3.63) is 0 Å². The molecule has 0 saturated carbocycles. The fourth-order valence-corrected chi connectivity index (χ4v) is 2.69. The number of hydrogen-bond donors (Lipinski definition) is 0. The normalized spacial score (nSPS) is 32.7. The maximum Gasteiger partial charge on any atom is 0.0702 e. The Hall–Kier alpha value is -0.590. The number of nitrogens with zero attached hydrogens (tertiary/aromatic N) is 2. The number of piperidine rings is 1. The highest BCUT2D eigenvalue weighted by Gasteiger charge is 2.26. The van der Waals surface area contributed by atoms with E-state index in [0.29, 0.717) is 18.6 Å². The second-order valence-electron chi connectivity index (χ2n) is 4.64. The van der Waals surface area contributed by atoms with Crippen LogP contribution in [0.15, 0.2) is 0 Å². The van der Waals surface area contributed by atoms with Crippen LogP contribution in [0.3, 0.4) is 0 Å². The average molecular weight is 208 g/mol. The second-order valence-corrected chi connectivity index (χ2v) is 4.64. The van der Waals surface area contributed by atoms with Crippen molar-refractivity contribution in [2.45, 2.75) is 50.7 Å². The summed E-state index contributed by atoms with van der Waals surface area (Å²) >= 11 is 0. The van der Waals surface area contributed by atoms with E-state index in [1.807, 2.05) is 0 Å². The Morgan fingerprint density at radius 1 is 1.27 bits per heavy atom. The molecule has 3 nitrogen and oxygen atoms in total. The highest BCUT2D eigenvalue weighted by Crippen LogP contribution is 2.22. The standard InChI is InChI=1S/C12H20N2O/c13-7-6-11-4-1-2-8-14(11)10-12-5-3-9-15-12/h11-12H,1-6,8-10H2. The van der Waals surface area contributed by atoms with Gasteiger partial charge in [-0.1, -0.05) is 6.42 Å². The number of likely N-dealkylation sites (tertiary alicyclic amines) is 1. The fourth-order valence-electron chi connectivity index (χ4n) is 2.69. The Bertz CT molecular complexity index is 230. The Balaban J connectivity index is 1.84. The summed E-state index contributed by atoms with van der Waals surface area (Å²) in [5.41, 5.74) is 0. The molecule has 0 aromatic heterocycles. The third-order valence-electron chi connectivity index (χ3n) is 3.54. The van der Waals surface area contributed by atoms with E-state index in [9.17, 15) is 0 Å². The third kappa shape index (κ3) is 2.93. The number of rotatable bonds is 3. The summed E-state index contributed by atoms with van der Waals surface area (Å²) in [6.45, 7) is 3.14. The van der Waals surface area contributed by atoms with Gasteiger partial charge in [-0.2, -0.15) is 5.26 Å². The fraction of sp³-hybridized carbons (Fsp3) is 0.917. The molecule has 0 amide bonds. The molecule has 0 aromatic rings. The second kappa shape index (κ2) is 5.48. The molecule has 2 atom stereocenters. The van der Waals surface area contributed by atoms with Gasteiger partial charge in [0.25, 0.3) is 0 Å². The highest BCUT2D eigenvalue weighted by atomic mass is 16.5. The van der Waals surface area contributed by atoms with Crippen LogP contribution < -0.4 is 0 Å². The molecule has 0 aromatic carbocycles. The molecule has 0 bridgehead atoms. The first-order chi connectivity index (χ1) is 7.40. The van der Waals surface area contributed by atoms with Crippen molar-refractivity contribution in [2.75, 3.05) is 19.7 Å². The predicted octanol–water partition coefficient (Wildman–Crippen LogP) is 1.93. The van der Waals surface area contributed by atoms with Crippen LogP contribution in [-0.2, 0) is 4.74 Å². The van der Waals surface area contributed by atoms with E-state index in [4.69, 9.17) is 10.00 Å². The minimum atomic E-state index is 0.435. The van der Waals surface area contributed by atoms with Gasteiger partial charge in [0.05, 0.1) is 18.6 Å². The lowest BCUT2D eigenvalue weighted by Gasteiger charge is -2.35. The first kappa shape index (κ1) is 10.9. The molecule has 2 fully saturated rings.